The first-order valence-corrected chi connectivity index (χ1v) is 8.06. The molecule has 1 fully saturated rings. The number of hydrogen-bond donors (Lipinski definition) is 1. The topological polar surface area (TPSA) is 63.4 Å². The quantitative estimate of drug-likeness (QED) is 0.924. The van der Waals surface area contributed by atoms with Crippen LogP contribution in [0.1, 0.15) is 13.3 Å². The maximum atomic E-state index is 12.4. The van der Waals surface area contributed by atoms with Crippen molar-refractivity contribution in [1.82, 2.24) is 4.31 Å². The first-order chi connectivity index (χ1) is 7.95. The van der Waals surface area contributed by atoms with Gasteiger partial charge in [0.25, 0.3) is 10.0 Å². The molecule has 2 atom stereocenters. The summed E-state index contributed by atoms with van der Waals surface area (Å²) in [6.45, 7) is 2.96. The molecule has 2 unspecified atom stereocenters. The molecule has 2 heterocycles. The molecule has 1 aromatic rings. The third kappa shape index (κ3) is 2.51. The van der Waals surface area contributed by atoms with Gasteiger partial charge in [0.05, 0.1) is 4.34 Å². The minimum Gasteiger partial charge on any atom is -0.330 e. The van der Waals surface area contributed by atoms with Crippen LogP contribution in [0.2, 0.25) is 4.34 Å². The van der Waals surface area contributed by atoms with Crippen molar-refractivity contribution in [2.24, 2.45) is 11.7 Å². The standard InChI is InChI=1S/C10H15ClN2O2S2/c1-7-4-8(5-12)6-13(7)17(14,15)10-3-2-9(11)16-10/h2-3,7-8H,4-6,12H2,1H3. The Morgan fingerprint density at radius 2 is 2.29 bits per heavy atom. The second kappa shape index (κ2) is 4.85. The van der Waals surface area contributed by atoms with E-state index in [0.717, 1.165) is 17.8 Å². The van der Waals surface area contributed by atoms with E-state index in [2.05, 4.69) is 0 Å². The summed E-state index contributed by atoms with van der Waals surface area (Å²) in [7, 11) is -3.40. The summed E-state index contributed by atoms with van der Waals surface area (Å²) >= 11 is 6.88. The van der Waals surface area contributed by atoms with Gasteiger partial charge in [0.1, 0.15) is 4.21 Å². The van der Waals surface area contributed by atoms with Gasteiger partial charge < -0.3 is 5.73 Å². The van der Waals surface area contributed by atoms with E-state index in [1.165, 1.54) is 4.31 Å². The van der Waals surface area contributed by atoms with E-state index in [0.29, 0.717) is 21.6 Å². The third-order valence-electron chi connectivity index (χ3n) is 3.05. The molecular weight excluding hydrogens is 280 g/mol. The van der Waals surface area contributed by atoms with Crippen molar-refractivity contribution in [2.75, 3.05) is 13.1 Å². The Hall–Kier alpha value is -0.140. The fourth-order valence-corrected chi connectivity index (χ4v) is 5.50. The summed E-state index contributed by atoms with van der Waals surface area (Å²) in [6.07, 6.45) is 0.828. The van der Waals surface area contributed by atoms with E-state index in [1.54, 1.807) is 12.1 Å². The Labute approximate surface area is 110 Å². The monoisotopic (exact) mass is 294 g/mol. The molecule has 1 aliphatic rings. The predicted molar refractivity (Wildman–Crippen MR) is 69.8 cm³/mol. The highest BCUT2D eigenvalue weighted by molar-refractivity contribution is 7.91. The van der Waals surface area contributed by atoms with Crippen LogP contribution in [0.3, 0.4) is 0 Å². The molecule has 2 N–H and O–H groups in total. The van der Waals surface area contributed by atoms with Crippen LogP contribution in [-0.2, 0) is 10.0 Å². The zero-order valence-corrected chi connectivity index (χ0v) is 11.9. The zero-order chi connectivity index (χ0) is 12.6. The molecule has 0 bridgehead atoms. The van der Waals surface area contributed by atoms with E-state index in [9.17, 15) is 8.42 Å². The van der Waals surface area contributed by atoms with E-state index in [1.807, 2.05) is 6.92 Å². The summed E-state index contributed by atoms with van der Waals surface area (Å²) in [5.41, 5.74) is 5.60. The summed E-state index contributed by atoms with van der Waals surface area (Å²) in [4.78, 5) is 0. The molecule has 7 heteroatoms. The number of nitrogens with two attached hydrogens (primary N) is 1. The molecule has 1 aromatic heterocycles. The molecular formula is C10H15ClN2O2S2. The van der Waals surface area contributed by atoms with Crippen molar-refractivity contribution in [3.63, 3.8) is 0 Å². The van der Waals surface area contributed by atoms with E-state index in [-0.39, 0.29) is 12.0 Å². The van der Waals surface area contributed by atoms with Crippen LogP contribution < -0.4 is 5.73 Å². The highest BCUT2D eigenvalue weighted by Crippen LogP contribution is 2.33. The lowest BCUT2D eigenvalue weighted by atomic mass is 10.1. The van der Waals surface area contributed by atoms with Crippen molar-refractivity contribution in [3.05, 3.63) is 16.5 Å². The van der Waals surface area contributed by atoms with Gasteiger partial charge >= 0.3 is 0 Å². The maximum absolute atomic E-state index is 12.4. The molecule has 17 heavy (non-hydrogen) atoms. The molecule has 0 aromatic carbocycles. The number of hydrogen-bond acceptors (Lipinski definition) is 4. The molecule has 0 saturated carbocycles. The van der Waals surface area contributed by atoms with Gasteiger partial charge in [0.15, 0.2) is 0 Å². The summed E-state index contributed by atoms with van der Waals surface area (Å²) < 4.78 is 27.1. The van der Waals surface area contributed by atoms with Gasteiger partial charge in [-0.2, -0.15) is 4.31 Å². The van der Waals surface area contributed by atoms with E-state index >= 15 is 0 Å². The predicted octanol–water partition coefficient (Wildman–Crippen LogP) is 1.76. The first kappa shape index (κ1) is 13.3. The van der Waals surface area contributed by atoms with Crippen molar-refractivity contribution >= 4 is 33.0 Å². The van der Waals surface area contributed by atoms with Crippen LogP contribution in [0.25, 0.3) is 0 Å². The highest BCUT2D eigenvalue weighted by Gasteiger charge is 2.37. The first-order valence-electron chi connectivity index (χ1n) is 5.42. The van der Waals surface area contributed by atoms with Gasteiger partial charge in [-0.3, -0.25) is 0 Å². The average molecular weight is 295 g/mol. The number of rotatable bonds is 3. The van der Waals surface area contributed by atoms with Crippen LogP contribution >= 0.6 is 22.9 Å². The minimum absolute atomic E-state index is 0.00873. The molecule has 2 rings (SSSR count). The van der Waals surface area contributed by atoms with Gasteiger partial charge in [-0.1, -0.05) is 11.6 Å². The Balaban J connectivity index is 2.28. The lowest BCUT2D eigenvalue weighted by molar-refractivity contribution is 0.406. The van der Waals surface area contributed by atoms with Gasteiger partial charge in [-0.25, -0.2) is 8.42 Å². The lowest BCUT2D eigenvalue weighted by Crippen LogP contribution is -2.34. The summed E-state index contributed by atoms with van der Waals surface area (Å²) in [5, 5.41) is 0. The molecule has 0 aliphatic carbocycles. The van der Waals surface area contributed by atoms with Crippen LogP contribution in [0.5, 0.6) is 0 Å². The largest absolute Gasteiger partial charge is 0.330 e. The second-order valence-corrected chi connectivity index (χ2v) is 8.15. The number of halogens is 1. The fraction of sp³-hybridized carbons (Fsp3) is 0.600. The molecule has 0 radical (unpaired) electrons. The Kier molecular flexibility index (Phi) is 3.80. The molecule has 0 amide bonds. The number of sulfonamides is 1. The molecule has 1 aliphatic heterocycles. The highest BCUT2D eigenvalue weighted by atomic mass is 35.5. The van der Waals surface area contributed by atoms with Gasteiger partial charge in [-0.05, 0) is 37.9 Å². The van der Waals surface area contributed by atoms with Gasteiger partial charge in [-0.15, -0.1) is 11.3 Å². The Bertz CT molecular complexity index is 500. The van der Waals surface area contributed by atoms with Crippen molar-refractivity contribution in [1.29, 1.82) is 0 Å². The molecule has 0 spiro atoms. The van der Waals surface area contributed by atoms with Crippen LogP contribution in [-0.4, -0.2) is 31.9 Å². The minimum atomic E-state index is -3.40. The lowest BCUT2D eigenvalue weighted by Gasteiger charge is -2.19. The van der Waals surface area contributed by atoms with Gasteiger partial charge in [0.2, 0.25) is 0 Å². The van der Waals surface area contributed by atoms with Crippen LogP contribution in [0.4, 0.5) is 0 Å². The third-order valence-corrected chi connectivity index (χ3v) is 6.73. The number of thiophene rings is 1. The molecule has 1 saturated heterocycles. The maximum Gasteiger partial charge on any atom is 0.252 e. The van der Waals surface area contributed by atoms with Gasteiger partial charge in [0, 0.05) is 12.6 Å². The van der Waals surface area contributed by atoms with E-state index < -0.39 is 10.0 Å². The van der Waals surface area contributed by atoms with Crippen LogP contribution in [0, 0.1) is 5.92 Å². The summed E-state index contributed by atoms with van der Waals surface area (Å²) in [6, 6.07) is 3.18. The van der Waals surface area contributed by atoms with Crippen LogP contribution in [0.15, 0.2) is 16.3 Å². The SMILES string of the molecule is CC1CC(CN)CN1S(=O)(=O)c1ccc(Cl)s1. The van der Waals surface area contributed by atoms with Crippen molar-refractivity contribution in [3.8, 4) is 0 Å². The summed E-state index contributed by atoms with van der Waals surface area (Å²) in [5.74, 6) is 0.259. The second-order valence-electron chi connectivity index (χ2n) is 4.32. The van der Waals surface area contributed by atoms with E-state index in [4.69, 9.17) is 17.3 Å². The zero-order valence-electron chi connectivity index (χ0n) is 9.47. The smallest absolute Gasteiger partial charge is 0.252 e. The molecule has 4 nitrogen and oxygen atoms in total. The normalized spacial score (nSPS) is 26.5. The molecule has 96 valence electrons. The Morgan fingerprint density at radius 1 is 1.59 bits per heavy atom. The number of nitrogens with zero attached hydrogens (tertiary/aromatic N) is 1. The fourth-order valence-electron chi connectivity index (χ4n) is 2.17. The van der Waals surface area contributed by atoms with Crippen molar-refractivity contribution in [2.45, 2.75) is 23.6 Å². The average Bonchev–Trinajstić information content (AvgIpc) is 2.85. The Morgan fingerprint density at radius 3 is 2.76 bits per heavy atom. The van der Waals surface area contributed by atoms with Crippen molar-refractivity contribution < 1.29 is 8.42 Å².